The molecule has 2 fully saturated rings. The number of hydrogen-bond donors (Lipinski definition) is 1. The lowest BCUT2D eigenvalue weighted by Crippen LogP contribution is -2.39. The molecule has 3 heterocycles. The Bertz CT molecular complexity index is 599. The number of piperidine rings is 1. The highest BCUT2D eigenvalue weighted by Gasteiger charge is 2.30. The average Bonchev–Trinajstić information content (AvgIpc) is 3.34. The fourth-order valence-corrected chi connectivity index (χ4v) is 6.01. The summed E-state index contributed by atoms with van der Waals surface area (Å²) in [7, 11) is 0. The molecular weight excluding hydrogens is 342 g/mol. The Balaban J connectivity index is 1.21. The van der Waals surface area contributed by atoms with Gasteiger partial charge in [-0.2, -0.15) is 0 Å². The predicted molar refractivity (Wildman–Crippen MR) is 108 cm³/mol. The lowest BCUT2D eigenvalue weighted by molar-refractivity contribution is 0.0952. The lowest BCUT2D eigenvalue weighted by atomic mass is 10.0. The molecule has 0 unspecified atom stereocenters. The average molecular weight is 376 g/mol. The zero-order valence-corrected chi connectivity index (χ0v) is 17.0. The molecule has 1 saturated carbocycles. The number of thiophene rings is 1. The van der Waals surface area contributed by atoms with Gasteiger partial charge in [-0.3, -0.25) is 9.69 Å². The largest absolute Gasteiger partial charge is 0.351 e. The molecular formula is C21H33N3OS. The molecule has 1 N–H and O–H groups in total. The van der Waals surface area contributed by atoms with E-state index in [1.165, 1.54) is 61.9 Å². The van der Waals surface area contributed by atoms with E-state index in [0.29, 0.717) is 6.04 Å². The number of fused-ring (bicyclic) bond motifs is 1. The van der Waals surface area contributed by atoms with E-state index in [4.69, 9.17) is 0 Å². The highest BCUT2D eigenvalue weighted by atomic mass is 32.1. The van der Waals surface area contributed by atoms with Crippen LogP contribution in [0.5, 0.6) is 0 Å². The lowest BCUT2D eigenvalue weighted by Gasteiger charge is -2.33. The van der Waals surface area contributed by atoms with Gasteiger partial charge in [-0.05, 0) is 57.2 Å². The number of carbonyl (C=O) groups is 1. The summed E-state index contributed by atoms with van der Waals surface area (Å²) >= 11 is 1.72. The zero-order chi connectivity index (χ0) is 17.9. The van der Waals surface area contributed by atoms with E-state index >= 15 is 0 Å². The summed E-state index contributed by atoms with van der Waals surface area (Å²) in [6.45, 7) is 7.57. The van der Waals surface area contributed by atoms with Gasteiger partial charge in [-0.15, -0.1) is 11.3 Å². The molecule has 26 heavy (non-hydrogen) atoms. The second-order valence-electron chi connectivity index (χ2n) is 8.39. The summed E-state index contributed by atoms with van der Waals surface area (Å²) in [4.78, 5) is 20.0. The van der Waals surface area contributed by atoms with Crippen molar-refractivity contribution in [3.05, 3.63) is 21.4 Å². The maximum absolute atomic E-state index is 12.5. The highest BCUT2D eigenvalue weighted by Crippen LogP contribution is 2.35. The molecule has 0 aromatic carbocycles. The molecule has 4 rings (SSSR count). The SMILES string of the molecule is C[C@H]1CCCCN1CCCNC(=O)c1cc2c(s1)CN(C1CCCC1)C2. The minimum absolute atomic E-state index is 0.128. The van der Waals surface area contributed by atoms with Gasteiger partial charge in [0.1, 0.15) is 0 Å². The van der Waals surface area contributed by atoms with Gasteiger partial charge in [-0.1, -0.05) is 19.3 Å². The Kier molecular flexibility index (Phi) is 5.97. The van der Waals surface area contributed by atoms with Crippen molar-refractivity contribution in [3.8, 4) is 0 Å². The number of likely N-dealkylation sites (tertiary alicyclic amines) is 1. The third-order valence-electron chi connectivity index (χ3n) is 6.53. The summed E-state index contributed by atoms with van der Waals surface area (Å²) in [6.07, 6.45) is 10.6. The van der Waals surface area contributed by atoms with E-state index in [1.54, 1.807) is 11.3 Å². The van der Waals surface area contributed by atoms with Crippen molar-refractivity contribution in [2.45, 2.75) is 83.5 Å². The third kappa shape index (κ3) is 4.15. The fraction of sp³-hybridized carbons (Fsp3) is 0.762. The van der Waals surface area contributed by atoms with Gasteiger partial charge in [0.15, 0.2) is 0 Å². The Morgan fingerprint density at radius 3 is 2.77 bits per heavy atom. The summed E-state index contributed by atoms with van der Waals surface area (Å²) in [5, 5.41) is 3.14. The van der Waals surface area contributed by atoms with Crippen LogP contribution in [0.3, 0.4) is 0 Å². The van der Waals surface area contributed by atoms with Crippen LogP contribution in [0, 0.1) is 0 Å². The van der Waals surface area contributed by atoms with Crippen LogP contribution < -0.4 is 5.32 Å². The molecule has 1 saturated heterocycles. The van der Waals surface area contributed by atoms with Crippen molar-refractivity contribution in [2.75, 3.05) is 19.6 Å². The maximum Gasteiger partial charge on any atom is 0.261 e. The molecule has 0 radical (unpaired) electrons. The maximum atomic E-state index is 12.5. The second kappa shape index (κ2) is 8.41. The molecule has 1 aromatic rings. The molecule has 1 atom stereocenters. The molecule has 2 aliphatic heterocycles. The Morgan fingerprint density at radius 2 is 2.00 bits per heavy atom. The molecule has 5 heteroatoms. The molecule has 1 aliphatic carbocycles. The summed E-state index contributed by atoms with van der Waals surface area (Å²) < 4.78 is 0. The molecule has 4 nitrogen and oxygen atoms in total. The second-order valence-corrected chi connectivity index (χ2v) is 9.53. The molecule has 0 spiro atoms. The smallest absolute Gasteiger partial charge is 0.261 e. The first-order chi connectivity index (χ1) is 12.7. The topological polar surface area (TPSA) is 35.6 Å². The van der Waals surface area contributed by atoms with Crippen LogP contribution in [0.4, 0.5) is 0 Å². The van der Waals surface area contributed by atoms with E-state index in [0.717, 1.165) is 43.5 Å². The fourth-order valence-electron chi connectivity index (χ4n) is 4.89. The van der Waals surface area contributed by atoms with Crippen molar-refractivity contribution in [3.63, 3.8) is 0 Å². The van der Waals surface area contributed by atoms with Crippen LogP contribution >= 0.6 is 11.3 Å². The zero-order valence-electron chi connectivity index (χ0n) is 16.1. The molecule has 1 amide bonds. The van der Waals surface area contributed by atoms with Gasteiger partial charge >= 0.3 is 0 Å². The minimum Gasteiger partial charge on any atom is -0.351 e. The van der Waals surface area contributed by atoms with E-state index in [9.17, 15) is 4.79 Å². The van der Waals surface area contributed by atoms with Crippen LogP contribution in [0.25, 0.3) is 0 Å². The van der Waals surface area contributed by atoms with Crippen molar-refractivity contribution in [1.82, 2.24) is 15.1 Å². The molecule has 3 aliphatic rings. The van der Waals surface area contributed by atoms with Crippen LogP contribution in [0.15, 0.2) is 6.07 Å². The van der Waals surface area contributed by atoms with E-state index in [1.807, 2.05) is 0 Å². The van der Waals surface area contributed by atoms with E-state index in [-0.39, 0.29) is 5.91 Å². The number of carbonyl (C=O) groups excluding carboxylic acids is 1. The van der Waals surface area contributed by atoms with E-state index in [2.05, 4.69) is 28.1 Å². The third-order valence-corrected chi connectivity index (χ3v) is 7.69. The van der Waals surface area contributed by atoms with E-state index < -0.39 is 0 Å². The van der Waals surface area contributed by atoms with Gasteiger partial charge in [0, 0.05) is 43.1 Å². The monoisotopic (exact) mass is 375 g/mol. The first-order valence-corrected chi connectivity index (χ1v) is 11.4. The van der Waals surface area contributed by atoms with Gasteiger partial charge in [-0.25, -0.2) is 0 Å². The van der Waals surface area contributed by atoms with Crippen LogP contribution in [0.2, 0.25) is 0 Å². The molecule has 0 bridgehead atoms. The molecule has 1 aromatic heterocycles. The van der Waals surface area contributed by atoms with Crippen molar-refractivity contribution in [2.24, 2.45) is 0 Å². The van der Waals surface area contributed by atoms with Crippen molar-refractivity contribution < 1.29 is 4.79 Å². The Hall–Kier alpha value is -0.910. The normalized spacial score (nSPS) is 24.9. The minimum atomic E-state index is 0.128. The Labute approximate surface area is 161 Å². The summed E-state index contributed by atoms with van der Waals surface area (Å²) in [5.41, 5.74) is 1.40. The first kappa shape index (κ1) is 18.5. The number of rotatable bonds is 6. The number of nitrogens with zero attached hydrogens (tertiary/aromatic N) is 2. The van der Waals surface area contributed by atoms with Crippen molar-refractivity contribution >= 4 is 17.2 Å². The van der Waals surface area contributed by atoms with Gasteiger partial charge in [0.25, 0.3) is 5.91 Å². The highest BCUT2D eigenvalue weighted by molar-refractivity contribution is 7.14. The van der Waals surface area contributed by atoms with Gasteiger partial charge < -0.3 is 10.2 Å². The number of amides is 1. The van der Waals surface area contributed by atoms with Gasteiger partial charge in [0.2, 0.25) is 0 Å². The van der Waals surface area contributed by atoms with Crippen LogP contribution in [-0.2, 0) is 13.1 Å². The summed E-state index contributed by atoms with van der Waals surface area (Å²) in [5.74, 6) is 0.128. The summed E-state index contributed by atoms with van der Waals surface area (Å²) in [6, 6.07) is 3.64. The quantitative estimate of drug-likeness (QED) is 0.764. The van der Waals surface area contributed by atoms with Crippen LogP contribution in [0.1, 0.15) is 78.4 Å². The van der Waals surface area contributed by atoms with Gasteiger partial charge in [0.05, 0.1) is 4.88 Å². The number of hydrogen-bond acceptors (Lipinski definition) is 4. The number of nitrogens with one attached hydrogen (secondary N) is 1. The first-order valence-electron chi connectivity index (χ1n) is 10.6. The standard InChI is InChI=1S/C21H33N3OS/c1-16-7-4-5-11-23(16)12-6-10-22-21(25)19-13-17-14-24(15-20(17)26-19)18-8-2-3-9-18/h13,16,18H,2-12,14-15H2,1H3,(H,22,25)/t16-/m0/s1. The van der Waals surface area contributed by atoms with Crippen LogP contribution in [-0.4, -0.2) is 47.4 Å². The van der Waals surface area contributed by atoms with Crippen molar-refractivity contribution in [1.29, 1.82) is 0 Å². The Morgan fingerprint density at radius 1 is 1.19 bits per heavy atom. The molecule has 144 valence electrons. The predicted octanol–water partition coefficient (Wildman–Crippen LogP) is 4.00.